The van der Waals surface area contributed by atoms with E-state index in [-0.39, 0.29) is 40.2 Å². The van der Waals surface area contributed by atoms with Crippen LogP contribution in [0.1, 0.15) is 31.2 Å². The van der Waals surface area contributed by atoms with E-state index in [2.05, 4.69) is 34.7 Å². The number of carbonyl (C=O) groups is 1. The molecular weight excluding hydrogens is 479 g/mol. The molecule has 6 nitrogen and oxygen atoms in total. The minimum absolute atomic E-state index is 0.00567. The van der Waals surface area contributed by atoms with E-state index in [0.717, 1.165) is 32.2 Å². The Kier molecular flexibility index (Phi) is 7.42. The van der Waals surface area contributed by atoms with Crippen LogP contribution in [0.25, 0.3) is 0 Å². The number of carbonyl (C=O) groups excluding carboxylic acids is 1. The van der Waals surface area contributed by atoms with Crippen molar-refractivity contribution < 1.29 is 27.4 Å². The topological polar surface area (TPSA) is 62.8 Å². The number of fused-ring (bicyclic) bond motifs is 1. The van der Waals surface area contributed by atoms with Crippen molar-refractivity contribution in [2.75, 3.05) is 33.1 Å². The summed E-state index contributed by atoms with van der Waals surface area (Å²) in [7, 11) is 5.38. The first-order valence-electron chi connectivity index (χ1n) is 11.5. The highest BCUT2D eigenvalue weighted by Gasteiger charge is 2.50. The van der Waals surface area contributed by atoms with E-state index in [1.165, 1.54) is 29.8 Å². The largest absolute Gasteiger partial charge is 0.493 e. The molecule has 2 aliphatic rings. The second-order valence-corrected chi connectivity index (χ2v) is 10.3. The van der Waals surface area contributed by atoms with Gasteiger partial charge >= 0.3 is 11.5 Å². The second-order valence-electron chi connectivity index (χ2n) is 9.11. The normalized spacial score (nSPS) is 24.5. The predicted octanol–water partition coefficient (Wildman–Crippen LogP) is 5.63. The van der Waals surface area contributed by atoms with Crippen LogP contribution in [0.3, 0.4) is 0 Å². The molecule has 0 radical (unpaired) electrons. The number of likely N-dealkylation sites (tertiary alicyclic amines) is 1. The number of likely N-dealkylation sites (N-methyl/N-ethyl adjacent to an activating group) is 1. The summed E-state index contributed by atoms with van der Waals surface area (Å²) in [6, 6.07) is 11.7. The number of thioether (sulfide) groups is 1. The van der Waals surface area contributed by atoms with E-state index < -0.39 is 5.51 Å². The Hall–Kier alpha value is -2.59. The zero-order valence-electron chi connectivity index (χ0n) is 19.9. The van der Waals surface area contributed by atoms with E-state index in [1.807, 2.05) is 6.07 Å². The molecular formula is C25H30F3N3O3S. The zero-order valence-corrected chi connectivity index (χ0v) is 20.8. The van der Waals surface area contributed by atoms with Gasteiger partial charge in [-0.15, -0.1) is 0 Å². The molecule has 4 rings (SSSR count). The second kappa shape index (κ2) is 10.2. The van der Waals surface area contributed by atoms with Crippen LogP contribution >= 0.6 is 11.8 Å². The Morgan fingerprint density at radius 3 is 2.46 bits per heavy atom. The maximum Gasteiger partial charge on any atom is 0.446 e. The first kappa shape index (κ1) is 25.5. The summed E-state index contributed by atoms with van der Waals surface area (Å²) >= 11 is -0.180. The molecule has 35 heavy (non-hydrogen) atoms. The molecule has 0 aromatic heterocycles. The third-order valence-electron chi connectivity index (χ3n) is 7.17. The minimum Gasteiger partial charge on any atom is -0.493 e. The molecule has 2 amide bonds. The molecule has 1 saturated carbocycles. The Labute approximate surface area is 207 Å². The molecule has 2 aromatic rings. The van der Waals surface area contributed by atoms with E-state index in [4.69, 9.17) is 9.47 Å². The number of rotatable bonds is 6. The van der Waals surface area contributed by atoms with Gasteiger partial charge in [-0.1, -0.05) is 6.07 Å². The number of anilines is 1. The van der Waals surface area contributed by atoms with Gasteiger partial charge in [0.1, 0.15) is 0 Å². The van der Waals surface area contributed by atoms with Gasteiger partial charge in [-0.25, -0.2) is 4.79 Å². The lowest BCUT2D eigenvalue weighted by molar-refractivity contribution is -0.0328. The van der Waals surface area contributed by atoms with Gasteiger partial charge in [-0.2, -0.15) is 13.2 Å². The summed E-state index contributed by atoms with van der Waals surface area (Å²) < 4.78 is 48.5. The highest BCUT2D eigenvalue weighted by molar-refractivity contribution is 8.00. The summed E-state index contributed by atoms with van der Waals surface area (Å²) in [5.41, 5.74) is -2.69. The Morgan fingerprint density at radius 2 is 1.80 bits per heavy atom. The first-order valence-corrected chi connectivity index (χ1v) is 12.3. The standard InChI is InChI=1S/C25H30F3N3O3S/c1-31-13-12-24(16-4-9-20(33-2)21(14-16)34-3)11-10-18(15-22(24)31)30-23(32)29-17-5-7-19(8-6-17)35-25(26,27)28/h4-9,14,18,22H,10-13,15H2,1-3H3,(H2,29,30,32)/t18-,22+,24-/m0/s1. The number of halogens is 3. The maximum atomic E-state index is 12.6. The van der Waals surface area contributed by atoms with Crippen LogP contribution in [0.15, 0.2) is 47.4 Å². The predicted molar refractivity (Wildman–Crippen MR) is 130 cm³/mol. The lowest BCUT2D eigenvalue weighted by Crippen LogP contribution is -2.52. The molecule has 0 unspecified atom stereocenters. The van der Waals surface area contributed by atoms with Gasteiger partial charge in [0, 0.05) is 28.1 Å². The summed E-state index contributed by atoms with van der Waals surface area (Å²) in [5, 5.41) is 5.79. The van der Waals surface area contributed by atoms with Crippen molar-refractivity contribution in [3.63, 3.8) is 0 Å². The number of benzene rings is 2. The molecule has 2 N–H and O–H groups in total. The Morgan fingerprint density at radius 1 is 1.09 bits per heavy atom. The van der Waals surface area contributed by atoms with Crippen molar-refractivity contribution in [1.82, 2.24) is 10.2 Å². The van der Waals surface area contributed by atoms with Gasteiger partial charge in [0.2, 0.25) is 0 Å². The highest BCUT2D eigenvalue weighted by atomic mass is 32.2. The summed E-state index contributed by atoms with van der Waals surface area (Å²) in [4.78, 5) is 15.1. The molecule has 1 saturated heterocycles. The van der Waals surface area contributed by atoms with Crippen LogP contribution in [0, 0.1) is 0 Å². The van der Waals surface area contributed by atoms with Crippen molar-refractivity contribution in [3.05, 3.63) is 48.0 Å². The molecule has 3 atom stereocenters. The molecule has 0 spiro atoms. The Balaban J connectivity index is 1.41. The van der Waals surface area contributed by atoms with E-state index in [0.29, 0.717) is 17.2 Å². The number of ether oxygens (including phenoxy) is 2. The van der Waals surface area contributed by atoms with Gasteiger partial charge in [0.25, 0.3) is 0 Å². The number of hydrogen-bond donors (Lipinski definition) is 2. The average Bonchev–Trinajstić information content (AvgIpc) is 3.16. The SMILES string of the molecule is COc1ccc([C@@]23CC[C@H](NC(=O)Nc4ccc(SC(F)(F)F)cc4)C[C@H]2N(C)CC3)cc1OC. The fraction of sp³-hybridized carbons (Fsp3) is 0.480. The number of methoxy groups -OCH3 is 2. The van der Waals surface area contributed by atoms with Crippen LogP contribution in [-0.4, -0.2) is 56.3 Å². The molecule has 2 aromatic carbocycles. The van der Waals surface area contributed by atoms with Crippen LogP contribution in [0.4, 0.5) is 23.7 Å². The molecule has 10 heteroatoms. The van der Waals surface area contributed by atoms with Gasteiger partial charge in [0.15, 0.2) is 11.5 Å². The third kappa shape index (κ3) is 5.64. The van der Waals surface area contributed by atoms with Crippen LogP contribution < -0.4 is 20.1 Å². The number of urea groups is 1. The molecule has 1 aliphatic heterocycles. The fourth-order valence-corrected chi connectivity index (χ4v) is 6.03. The quantitative estimate of drug-likeness (QED) is 0.494. The van der Waals surface area contributed by atoms with Gasteiger partial charge in [-0.05, 0) is 93.0 Å². The Bertz CT molecular complexity index is 1050. The summed E-state index contributed by atoms with van der Waals surface area (Å²) in [6.07, 6.45) is 3.59. The highest BCUT2D eigenvalue weighted by Crippen LogP contribution is 2.50. The lowest BCUT2D eigenvalue weighted by atomic mass is 9.65. The van der Waals surface area contributed by atoms with Crippen molar-refractivity contribution in [2.45, 2.75) is 53.6 Å². The van der Waals surface area contributed by atoms with Crippen molar-refractivity contribution in [1.29, 1.82) is 0 Å². The number of nitrogens with zero attached hydrogens (tertiary/aromatic N) is 1. The first-order chi connectivity index (χ1) is 16.6. The minimum atomic E-state index is -4.34. The van der Waals surface area contributed by atoms with Crippen LogP contribution in [-0.2, 0) is 5.41 Å². The van der Waals surface area contributed by atoms with Crippen molar-refractivity contribution in [3.8, 4) is 11.5 Å². The number of amides is 2. The summed E-state index contributed by atoms with van der Waals surface area (Å²) in [6.45, 7) is 0.972. The molecule has 1 aliphatic carbocycles. The van der Waals surface area contributed by atoms with Gasteiger partial charge in [-0.3, -0.25) is 0 Å². The number of hydrogen-bond acceptors (Lipinski definition) is 5. The van der Waals surface area contributed by atoms with Crippen molar-refractivity contribution >= 4 is 23.5 Å². The fourth-order valence-electron chi connectivity index (χ4n) is 5.49. The average molecular weight is 510 g/mol. The van der Waals surface area contributed by atoms with Gasteiger partial charge in [0.05, 0.1) is 14.2 Å². The third-order valence-corrected chi connectivity index (χ3v) is 7.91. The van der Waals surface area contributed by atoms with E-state index in [1.54, 1.807) is 14.2 Å². The zero-order chi connectivity index (χ0) is 25.2. The van der Waals surface area contributed by atoms with E-state index in [9.17, 15) is 18.0 Å². The van der Waals surface area contributed by atoms with E-state index >= 15 is 0 Å². The molecule has 0 bridgehead atoms. The van der Waals surface area contributed by atoms with Crippen molar-refractivity contribution in [2.24, 2.45) is 0 Å². The van der Waals surface area contributed by atoms with Crippen LogP contribution in [0.2, 0.25) is 0 Å². The monoisotopic (exact) mass is 509 g/mol. The summed E-state index contributed by atoms with van der Waals surface area (Å²) in [5.74, 6) is 1.42. The smallest absolute Gasteiger partial charge is 0.446 e. The number of nitrogens with one attached hydrogen (secondary N) is 2. The lowest BCUT2D eigenvalue weighted by Gasteiger charge is -2.45. The van der Waals surface area contributed by atoms with Crippen LogP contribution in [0.5, 0.6) is 11.5 Å². The molecule has 1 heterocycles. The molecule has 2 fully saturated rings. The number of alkyl halides is 3. The molecule has 190 valence electrons. The van der Waals surface area contributed by atoms with Gasteiger partial charge < -0.3 is 25.0 Å². The maximum absolute atomic E-state index is 12.6.